The van der Waals surface area contributed by atoms with Crippen molar-refractivity contribution in [3.63, 3.8) is 0 Å². The highest BCUT2D eigenvalue weighted by atomic mass is 35.5. The second-order valence-corrected chi connectivity index (χ2v) is 5.40. The molecule has 1 aliphatic carbocycles. The molecule has 3 heteroatoms. The number of nitrogens with one attached hydrogen (secondary N) is 1. The first-order valence-corrected chi connectivity index (χ1v) is 6.88. The molecule has 0 amide bonds. The summed E-state index contributed by atoms with van der Waals surface area (Å²) >= 11 is 5.85. The summed E-state index contributed by atoms with van der Waals surface area (Å²) in [6.45, 7) is 0.609. The summed E-state index contributed by atoms with van der Waals surface area (Å²) in [6.07, 6.45) is 2.43. The lowest BCUT2D eigenvalue weighted by atomic mass is 10.0. The number of hydrogen-bond acceptors (Lipinski definition) is 1. The molecule has 0 aliphatic heterocycles. The third-order valence-corrected chi connectivity index (χ3v) is 3.64. The van der Waals surface area contributed by atoms with Crippen molar-refractivity contribution in [2.24, 2.45) is 0 Å². The van der Waals surface area contributed by atoms with Crippen molar-refractivity contribution in [3.8, 4) is 11.1 Å². The smallest absolute Gasteiger partial charge is 0.128 e. The fraction of sp³-hybridized carbons (Fsp3) is 0.250. The van der Waals surface area contributed by atoms with Gasteiger partial charge >= 0.3 is 0 Å². The van der Waals surface area contributed by atoms with Crippen LogP contribution in [0.1, 0.15) is 18.4 Å². The first-order valence-electron chi connectivity index (χ1n) is 6.50. The van der Waals surface area contributed by atoms with Crippen LogP contribution in [0.2, 0.25) is 5.02 Å². The maximum atomic E-state index is 14.0. The standard InChI is InChI=1S/C16H15ClFN/c17-14-5-3-11(4-6-14)12-1-2-13(16(18)9-12)10-19-15-7-8-15/h1-6,9,15,19H,7-8,10H2. The van der Waals surface area contributed by atoms with Gasteiger partial charge in [0.2, 0.25) is 0 Å². The lowest BCUT2D eigenvalue weighted by Gasteiger charge is -2.07. The second-order valence-electron chi connectivity index (χ2n) is 4.97. The fourth-order valence-corrected chi connectivity index (χ4v) is 2.18. The summed E-state index contributed by atoms with van der Waals surface area (Å²) in [6, 6.07) is 13.4. The Bertz CT molecular complexity index is 576. The van der Waals surface area contributed by atoms with Gasteiger partial charge < -0.3 is 5.32 Å². The minimum absolute atomic E-state index is 0.152. The molecule has 0 atom stereocenters. The monoisotopic (exact) mass is 275 g/mol. The molecule has 2 aromatic rings. The largest absolute Gasteiger partial charge is 0.310 e. The normalized spacial score (nSPS) is 14.6. The van der Waals surface area contributed by atoms with Crippen molar-refractivity contribution in [1.29, 1.82) is 0 Å². The van der Waals surface area contributed by atoms with Gasteiger partial charge in [-0.15, -0.1) is 0 Å². The third-order valence-electron chi connectivity index (χ3n) is 3.39. The fourth-order valence-electron chi connectivity index (χ4n) is 2.05. The van der Waals surface area contributed by atoms with Crippen molar-refractivity contribution in [2.75, 3.05) is 0 Å². The predicted octanol–water partition coefficient (Wildman–Crippen LogP) is 4.40. The van der Waals surface area contributed by atoms with Crippen LogP contribution in [-0.2, 0) is 6.54 Å². The number of halogens is 2. The van der Waals surface area contributed by atoms with Crippen molar-refractivity contribution in [1.82, 2.24) is 5.32 Å². The molecule has 3 rings (SSSR count). The predicted molar refractivity (Wildman–Crippen MR) is 76.7 cm³/mol. The van der Waals surface area contributed by atoms with E-state index < -0.39 is 0 Å². The van der Waals surface area contributed by atoms with Crippen molar-refractivity contribution >= 4 is 11.6 Å². The maximum Gasteiger partial charge on any atom is 0.128 e. The highest BCUT2D eigenvalue weighted by molar-refractivity contribution is 6.30. The quantitative estimate of drug-likeness (QED) is 0.872. The minimum atomic E-state index is -0.152. The maximum absolute atomic E-state index is 14.0. The summed E-state index contributed by atoms with van der Waals surface area (Å²) in [5.41, 5.74) is 2.58. The van der Waals surface area contributed by atoms with E-state index in [1.165, 1.54) is 12.8 Å². The molecule has 0 saturated heterocycles. The highest BCUT2D eigenvalue weighted by Crippen LogP contribution is 2.24. The van der Waals surface area contributed by atoms with Crippen LogP contribution in [0.15, 0.2) is 42.5 Å². The molecule has 1 nitrogen and oxygen atoms in total. The van der Waals surface area contributed by atoms with Crippen LogP contribution in [0.25, 0.3) is 11.1 Å². The number of rotatable bonds is 4. The van der Waals surface area contributed by atoms with Gasteiger partial charge in [0.1, 0.15) is 5.82 Å². The van der Waals surface area contributed by atoms with Gasteiger partial charge in [0, 0.05) is 23.2 Å². The van der Waals surface area contributed by atoms with E-state index in [4.69, 9.17) is 11.6 Å². The lowest BCUT2D eigenvalue weighted by molar-refractivity contribution is 0.587. The van der Waals surface area contributed by atoms with E-state index in [0.717, 1.165) is 16.7 Å². The average Bonchev–Trinajstić information content (AvgIpc) is 3.22. The Morgan fingerprint density at radius 2 is 1.74 bits per heavy atom. The van der Waals surface area contributed by atoms with E-state index in [1.807, 2.05) is 36.4 Å². The molecule has 0 aromatic heterocycles. The summed E-state index contributed by atoms with van der Waals surface area (Å²) < 4.78 is 14.0. The molecule has 1 aliphatic rings. The van der Waals surface area contributed by atoms with Crippen LogP contribution in [0.3, 0.4) is 0 Å². The topological polar surface area (TPSA) is 12.0 Å². The minimum Gasteiger partial charge on any atom is -0.310 e. The molecular weight excluding hydrogens is 261 g/mol. The van der Waals surface area contributed by atoms with Crippen LogP contribution < -0.4 is 5.32 Å². The van der Waals surface area contributed by atoms with Gasteiger partial charge in [0.05, 0.1) is 0 Å². The van der Waals surface area contributed by atoms with Crippen LogP contribution in [-0.4, -0.2) is 6.04 Å². The summed E-state index contributed by atoms with van der Waals surface area (Å²) in [7, 11) is 0. The molecule has 0 bridgehead atoms. The third kappa shape index (κ3) is 3.14. The van der Waals surface area contributed by atoms with E-state index >= 15 is 0 Å². The van der Waals surface area contributed by atoms with Crippen LogP contribution in [0.5, 0.6) is 0 Å². The molecule has 2 aromatic carbocycles. The van der Waals surface area contributed by atoms with Crippen molar-refractivity contribution < 1.29 is 4.39 Å². The van der Waals surface area contributed by atoms with E-state index in [-0.39, 0.29) is 5.82 Å². The molecule has 1 saturated carbocycles. The van der Waals surface area contributed by atoms with E-state index in [2.05, 4.69) is 5.32 Å². The highest BCUT2D eigenvalue weighted by Gasteiger charge is 2.20. The molecule has 0 unspecified atom stereocenters. The molecule has 1 fully saturated rings. The molecule has 98 valence electrons. The molecular formula is C16H15ClFN. The van der Waals surface area contributed by atoms with Gasteiger partial charge in [-0.2, -0.15) is 0 Å². The Kier molecular flexibility index (Phi) is 3.54. The van der Waals surface area contributed by atoms with Crippen LogP contribution >= 0.6 is 11.6 Å². The molecule has 0 heterocycles. The Hall–Kier alpha value is -1.38. The van der Waals surface area contributed by atoms with E-state index in [0.29, 0.717) is 17.6 Å². The molecule has 0 radical (unpaired) electrons. The van der Waals surface area contributed by atoms with Gasteiger partial charge in [-0.05, 0) is 42.2 Å². The summed E-state index contributed by atoms with van der Waals surface area (Å²) in [5, 5.41) is 4.01. The first-order chi connectivity index (χ1) is 9.22. The zero-order valence-corrected chi connectivity index (χ0v) is 11.3. The van der Waals surface area contributed by atoms with Gasteiger partial charge in [-0.1, -0.05) is 35.9 Å². The average molecular weight is 276 g/mol. The van der Waals surface area contributed by atoms with Gasteiger partial charge in [-0.3, -0.25) is 0 Å². The van der Waals surface area contributed by atoms with Gasteiger partial charge in [0.25, 0.3) is 0 Å². The first kappa shape index (κ1) is 12.6. The second kappa shape index (κ2) is 5.32. The number of benzene rings is 2. The Morgan fingerprint density at radius 1 is 1.05 bits per heavy atom. The van der Waals surface area contributed by atoms with Crippen LogP contribution in [0, 0.1) is 5.82 Å². The van der Waals surface area contributed by atoms with E-state index in [1.54, 1.807) is 6.07 Å². The molecule has 0 spiro atoms. The molecule has 1 N–H and O–H groups in total. The van der Waals surface area contributed by atoms with Gasteiger partial charge in [-0.25, -0.2) is 4.39 Å². The Balaban J connectivity index is 1.79. The Labute approximate surface area is 117 Å². The summed E-state index contributed by atoms with van der Waals surface area (Å²) in [5.74, 6) is -0.152. The van der Waals surface area contributed by atoms with Crippen molar-refractivity contribution in [3.05, 3.63) is 58.9 Å². The van der Waals surface area contributed by atoms with Gasteiger partial charge in [0.15, 0.2) is 0 Å². The molecule has 19 heavy (non-hydrogen) atoms. The van der Waals surface area contributed by atoms with E-state index in [9.17, 15) is 4.39 Å². The Morgan fingerprint density at radius 3 is 2.37 bits per heavy atom. The summed E-state index contributed by atoms with van der Waals surface area (Å²) in [4.78, 5) is 0. The zero-order chi connectivity index (χ0) is 13.2. The lowest BCUT2D eigenvalue weighted by Crippen LogP contribution is -2.16. The number of hydrogen-bond donors (Lipinski definition) is 1. The zero-order valence-electron chi connectivity index (χ0n) is 10.5. The van der Waals surface area contributed by atoms with Crippen molar-refractivity contribution in [2.45, 2.75) is 25.4 Å². The van der Waals surface area contributed by atoms with Crippen LogP contribution in [0.4, 0.5) is 4.39 Å². The SMILES string of the molecule is Fc1cc(-c2ccc(Cl)cc2)ccc1CNC1CC1.